The van der Waals surface area contributed by atoms with Crippen LogP contribution in [0.25, 0.3) is 0 Å². The van der Waals surface area contributed by atoms with Crippen LogP contribution in [0.1, 0.15) is 10.6 Å². The van der Waals surface area contributed by atoms with E-state index in [1.165, 1.54) is 18.7 Å². The second-order valence-corrected chi connectivity index (χ2v) is 5.47. The second-order valence-electron chi connectivity index (χ2n) is 4.55. The van der Waals surface area contributed by atoms with Gasteiger partial charge in [0.15, 0.2) is 11.6 Å². The Bertz CT molecular complexity index is 837. The summed E-state index contributed by atoms with van der Waals surface area (Å²) in [6.45, 7) is 0. The molecule has 0 bridgehead atoms. The number of anilines is 2. The van der Waals surface area contributed by atoms with Crippen molar-refractivity contribution in [2.45, 2.75) is 0 Å². The second kappa shape index (κ2) is 7.01. The van der Waals surface area contributed by atoms with E-state index in [0.29, 0.717) is 5.75 Å². The van der Waals surface area contributed by atoms with Gasteiger partial charge in [-0.05, 0) is 36.4 Å². The minimum absolute atomic E-state index is 0.153. The van der Waals surface area contributed by atoms with Crippen molar-refractivity contribution in [3.63, 3.8) is 0 Å². The van der Waals surface area contributed by atoms with Gasteiger partial charge < -0.3 is 14.9 Å². The number of amides is 1. The number of nitrogens with one attached hydrogen (secondary N) is 2. The monoisotopic (exact) mass is 389 g/mol. The van der Waals surface area contributed by atoms with Gasteiger partial charge in [0.2, 0.25) is 5.88 Å². The highest BCUT2D eigenvalue weighted by Crippen LogP contribution is 2.29. The number of aromatic nitrogens is 2. The first-order valence-electron chi connectivity index (χ1n) is 6.77. The van der Waals surface area contributed by atoms with Crippen molar-refractivity contribution in [2.24, 2.45) is 0 Å². The predicted octanol–water partition coefficient (Wildman–Crippen LogP) is 2.96. The van der Waals surface area contributed by atoms with Crippen LogP contribution in [0.2, 0.25) is 0 Å². The van der Waals surface area contributed by atoms with Crippen LogP contribution < -0.4 is 21.3 Å². The van der Waals surface area contributed by atoms with E-state index in [1.54, 1.807) is 18.2 Å². The van der Waals surface area contributed by atoms with Gasteiger partial charge >= 0.3 is 5.91 Å². The quantitative estimate of drug-likeness (QED) is 0.574. The topological polar surface area (TPSA) is 115 Å². The van der Waals surface area contributed by atoms with E-state index < -0.39 is 5.91 Å². The minimum Gasteiger partial charge on any atom is -0.459 e. The molecule has 9 heteroatoms. The summed E-state index contributed by atoms with van der Waals surface area (Å²) in [6.07, 6.45) is 2.67. The first-order valence-corrected chi connectivity index (χ1v) is 7.56. The Kier molecular flexibility index (Phi) is 4.62. The van der Waals surface area contributed by atoms with Crippen molar-refractivity contribution < 1.29 is 13.9 Å². The number of ether oxygens (including phenoxy) is 1. The smallest absolute Gasteiger partial charge is 0.305 e. The van der Waals surface area contributed by atoms with Crippen molar-refractivity contribution >= 4 is 33.3 Å². The molecular formula is C15H12BrN5O3. The Morgan fingerprint density at radius 3 is 2.71 bits per heavy atom. The molecule has 0 radical (unpaired) electrons. The normalized spacial score (nSPS) is 10.2. The molecule has 4 N–H and O–H groups in total. The number of hydrogen-bond acceptors (Lipinski definition) is 7. The Labute approximate surface area is 145 Å². The summed E-state index contributed by atoms with van der Waals surface area (Å²) in [5, 5.41) is 0. The number of furan rings is 1. The molecule has 1 aromatic carbocycles. The van der Waals surface area contributed by atoms with Crippen LogP contribution in [-0.2, 0) is 0 Å². The van der Waals surface area contributed by atoms with Crippen LogP contribution in [0, 0.1) is 0 Å². The number of carbonyl (C=O) groups is 1. The third-order valence-electron chi connectivity index (χ3n) is 2.91. The van der Waals surface area contributed by atoms with Crippen molar-refractivity contribution in [1.29, 1.82) is 0 Å². The van der Waals surface area contributed by atoms with Gasteiger partial charge in [0.25, 0.3) is 0 Å². The molecular weight excluding hydrogens is 378 g/mol. The van der Waals surface area contributed by atoms with E-state index >= 15 is 0 Å². The Hall–Kier alpha value is -3.07. The third kappa shape index (κ3) is 3.63. The molecule has 3 aromatic rings. The third-order valence-corrected chi connectivity index (χ3v) is 3.44. The van der Waals surface area contributed by atoms with Gasteiger partial charge in [-0.2, -0.15) is 4.98 Å². The van der Waals surface area contributed by atoms with Gasteiger partial charge in [0, 0.05) is 4.47 Å². The van der Waals surface area contributed by atoms with Gasteiger partial charge in [0.1, 0.15) is 17.8 Å². The average molecular weight is 390 g/mol. The molecule has 0 aliphatic rings. The van der Waals surface area contributed by atoms with Gasteiger partial charge in [-0.1, -0.05) is 15.9 Å². The van der Waals surface area contributed by atoms with E-state index in [4.69, 9.17) is 14.9 Å². The zero-order valence-corrected chi connectivity index (χ0v) is 13.8. The zero-order chi connectivity index (χ0) is 16.9. The van der Waals surface area contributed by atoms with Crippen LogP contribution in [0.4, 0.5) is 11.5 Å². The maximum absolute atomic E-state index is 11.8. The molecule has 0 saturated heterocycles. The molecule has 1 amide bonds. The summed E-state index contributed by atoms with van der Waals surface area (Å²) in [7, 11) is 0. The number of nitrogens with two attached hydrogens (primary N) is 1. The number of benzene rings is 1. The predicted molar refractivity (Wildman–Crippen MR) is 90.5 cm³/mol. The van der Waals surface area contributed by atoms with Crippen LogP contribution in [0.3, 0.4) is 0 Å². The van der Waals surface area contributed by atoms with Crippen molar-refractivity contribution in [2.75, 3.05) is 11.2 Å². The number of halogens is 1. The molecule has 0 spiro atoms. The Morgan fingerprint density at radius 1 is 1.21 bits per heavy atom. The standard InChI is InChI=1S/C15H12BrN5O3/c16-9-3-5-10(6-4-9)24-15-12(17)13(18-8-19-15)20-21-14(22)11-2-1-7-23-11/h1-8H,17H2,(H,21,22)(H,18,19,20). The van der Waals surface area contributed by atoms with E-state index in [0.717, 1.165) is 4.47 Å². The number of hydrazine groups is 1. The fourth-order valence-corrected chi connectivity index (χ4v) is 2.02. The first kappa shape index (κ1) is 15.8. The number of hydrogen-bond donors (Lipinski definition) is 3. The fraction of sp³-hybridized carbons (Fsp3) is 0. The summed E-state index contributed by atoms with van der Waals surface area (Å²) < 4.78 is 11.5. The highest BCUT2D eigenvalue weighted by atomic mass is 79.9. The van der Waals surface area contributed by atoms with Crippen LogP contribution in [-0.4, -0.2) is 15.9 Å². The van der Waals surface area contributed by atoms with Gasteiger partial charge in [-0.15, -0.1) is 0 Å². The van der Waals surface area contributed by atoms with Crippen LogP contribution in [0.5, 0.6) is 11.6 Å². The molecule has 0 fully saturated rings. The van der Waals surface area contributed by atoms with Crippen molar-refractivity contribution in [3.05, 3.63) is 59.2 Å². The largest absolute Gasteiger partial charge is 0.459 e. The lowest BCUT2D eigenvalue weighted by Gasteiger charge is -2.12. The summed E-state index contributed by atoms with van der Waals surface area (Å²) in [5.74, 6) is 0.628. The fourth-order valence-electron chi connectivity index (χ4n) is 1.76. The van der Waals surface area contributed by atoms with Crippen molar-refractivity contribution in [3.8, 4) is 11.6 Å². The van der Waals surface area contributed by atoms with Crippen LogP contribution >= 0.6 is 15.9 Å². The molecule has 24 heavy (non-hydrogen) atoms. The molecule has 0 aliphatic carbocycles. The highest BCUT2D eigenvalue weighted by molar-refractivity contribution is 9.10. The summed E-state index contributed by atoms with van der Waals surface area (Å²) in [5.41, 5.74) is 11.2. The summed E-state index contributed by atoms with van der Waals surface area (Å²) in [6, 6.07) is 10.3. The van der Waals surface area contributed by atoms with Gasteiger partial charge in [-0.25, -0.2) is 4.98 Å². The number of rotatable bonds is 5. The molecule has 0 unspecified atom stereocenters. The lowest BCUT2D eigenvalue weighted by atomic mass is 10.3. The maximum Gasteiger partial charge on any atom is 0.305 e. The molecule has 2 aromatic heterocycles. The maximum atomic E-state index is 11.8. The first-order chi connectivity index (χ1) is 11.6. The molecule has 0 saturated carbocycles. The Morgan fingerprint density at radius 2 is 2.00 bits per heavy atom. The molecule has 8 nitrogen and oxygen atoms in total. The number of nitrogen functional groups attached to an aromatic ring is 1. The molecule has 0 atom stereocenters. The molecule has 122 valence electrons. The average Bonchev–Trinajstić information content (AvgIpc) is 3.12. The SMILES string of the molecule is Nc1c(NNC(=O)c2ccco2)ncnc1Oc1ccc(Br)cc1. The van der Waals surface area contributed by atoms with E-state index in [9.17, 15) is 4.79 Å². The van der Waals surface area contributed by atoms with Gasteiger partial charge in [-0.3, -0.25) is 15.6 Å². The van der Waals surface area contributed by atoms with Gasteiger partial charge in [0.05, 0.1) is 6.26 Å². The molecule has 3 rings (SSSR count). The minimum atomic E-state index is -0.464. The zero-order valence-electron chi connectivity index (χ0n) is 12.2. The lowest BCUT2D eigenvalue weighted by Crippen LogP contribution is -2.30. The molecule has 2 heterocycles. The Balaban J connectivity index is 1.71. The highest BCUT2D eigenvalue weighted by Gasteiger charge is 2.13. The molecule has 0 aliphatic heterocycles. The number of carbonyl (C=O) groups excluding carboxylic acids is 1. The van der Waals surface area contributed by atoms with E-state index in [-0.39, 0.29) is 23.1 Å². The van der Waals surface area contributed by atoms with E-state index in [2.05, 4.69) is 36.7 Å². The summed E-state index contributed by atoms with van der Waals surface area (Å²) >= 11 is 3.34. The van der Waals surface area contributed by atoms with Crippen molar-refractivity contribution in [1.82, 2.24) is 15.4 Å². The number of nitrogens with zero attached hydrogens (tertiary/aromatic N) is 2. The summed E-state index contributed by atoms with van der Waals surface area (Å²) in [4.78, 5) is 19.8. The van der Waals surface area contributed by atoms with Crippen LogP contribution in [0.15, 0.2) is 57.9 Å². The van der Waals surface area contributed by atoms with E-state index in [1.807, 2.05) is 12.1 Å². The lowest BCUT2D eigenvalue weighted by molar-refractivity contribution is 0.0935.